The zero-order valence-electron chi connectivity index (χ0n) is 9.36. The van der Waals surface area contributed by atoms with Crippen LogP contribution in [0.25, 0.3) is 0 Å². The standard InChI is InChI=1S/C11H17NO2.H3N.H2/c1-8-3-9(2)5-11(4-8)14-7-10(13)6-12;;/h3-5,10,13H,6-7,12H2,1-2H3;1H3;1H. The van der Waals surface area contributed by atoms with Gasteiger partial charge < -0.3 is 21.7 Å². The average molecular weight is 214 g/mol. The molecule has 0 bridgehead atoms. The van der Waals surface area contributed by atoms with Crippen molar-refractivity contribution < 1.29 is 11.3 Å². The highest BCUT2D eigenvalue weighted by atomic mass is 16.5. The molecule has 0 saturated carbocycles. The van der Waals surface area contributed by atoms with E-state index in [1.165, 1.54) is 0 Å². The minimum absolute atomic E-state index is 0. The first kappa shape index (κ1) is 13.9. The molecule has 6 N–H and O–H groups in total. The molecule has 0 aromatic heterocycles. The second-order valence-electron chi connectivity index (χ2n) is 3.52. The Bertz CT molecular complexity index is 288. The van der Waals surface area contributed by atoms with Gasteiger partial charge in [-0.25, -0.2) is 0 Å². The molecule has 88 valence electrons. The normalized spacial score (nSPS) is 11.7. The Morgan fingerprint density at radius 2 is 1.87 bits per heavy atom. The number of hydrogen-bond donors (Lipinski definition) is 3. The highest BCUT2D eigenvalue weighted by Crippen LogP contribution is 2.16. The van der Waals surface area contributed by atoms with Crippen LogP contribution in [-0.4, -0.2) is 24.4 Å². The molecule has 0 heterocycles. The fourth-order valence-corrected chi connectivity index (χ4v) is 1.28. The number of aliphatic hydroxyl groups excluding tert-OH is 1. The molecular weight excluding hydrogens is 192 g/mol. The lowest BCUT2D eigenvalue weighted by Gasteiger charge is -2.11. The van der Waals surface area contributed by atoms with Crippen LogP contribution in [0.5, 0.6) is 5.75 Å². The number of ether oxygens (including phenoxy) is 1. The predicted molar refractivity (Wildman–Crippen MR) is 63.6 cm³/mol. The summed E-state index contributed by atoms with van der Waals surface area (Å²) < 4.78 is 5.39. The summed E-state index contributed by atoms with van der Waals surface area (Å²) in [6.07, 6.45) is -0.587. The van der Waals surface area contributed by atoms with Gasteiger partial charge in [-0.3, -0.25) is 0 Å². The van der Waals surface area contributed by atoms with Crippen LogP contribution in [0, 0.1) is 13.8 Å². The van der Waals surface area contributed by atoms with Crippen LogP contribution in [0.1, 0.15) is 12.6 Å². The lowest BCUT2D eigenvalue weighted by Crippen LogP contribution is -2.26. The zero-order chi connectivity index (χ0) is 10.6. The first-order chi connectivity index (χ1) is 6.61. The highest BCUT2D eigenvalue weighted by molar-refractivity contribution is 5.32. The molecule has 1 aromatic rings. The SMILES string of the molecule is Cc1cc(C)cc(OCC(O)CN)c1.N.[HH]. The maximum atomic E-state index is 9.21. The number of benzene rings is 1. The minimum atomic E-state index is -0.587. The molecule has 0 spiro atoms. The fourth-order valence-electron chi connectivity index (χ4n) is 1.28. The first-order valence-electron chi connectivity index (χ1n) is 4.71. The van der Waals surface area contributed by atoms with Crippen molar-refractivity contribution in [1.29, 1.82) is 0 Å². The smallest absolute Gasteiger partial charge is 0.119 e. The van der Waals surface area contributed by atoms with Crippen molar-refractivity contribution in [3.8, 4) is 5.75 Å². The van der Waals surface area contributed by atoms with Gasteiger partial charge in [0.2, 0.25) is 0 Å². The summed E-state index contributed by atoms with van der Waals surface area (Å²) in [4.78, 5) is 0. The Kier molecular flexibility index (Phi) is 5.93. The van der Waals surface area contributed by atoms with Crippen molar-refractivity contribution >= 4 is 0 Å². The number of aryl methyl sites for hydroxylation is 2. The van der Waals surface area contributed by atoms with Crippen molar-refractivity contribution in [2.75, 3.05) is 13.2 Å². The molecule has 0 aliphatic rings. The van der Waals surface area contributed by atoms with Gasteiger partial charge in [-0.1, -0.05) is 6.07 Å². The van der Waals surface area contributed by atoms with Crippen LogP contribution in [0.3, 0.4) is 0 Å². The predicted octanol–water partition coefficient (Wildman–Crippen LogP) is 1.41. The molecule has 0 aliphatic heterocycles. The summed E-state index contributed by atoms with van der Waals surface area (Å²) in [5.41, 5.74) is 7.58. The number of rotatable bonds is 4. The Balaban J connectivity index is 0. The third-order valence-corrected chi connectivity index (χ3v) is 1.91. The van der Waals surface area contributed by atoms with E-state index in [0.29, 0.717) is 0 Å². The molecule has 1 unspecified atom stereocenters. The third-order valence-electron chi connectivity index (χ3n) is 1.91. The largest absolute Gasteiger partial charge is 0.491 e. The number of nitrogens with two attached hydrogens (primary N) is 1. The summed E-state index contributed by atoms with van der Waals surface area (Å²) in [7, 11) is 0. The van der Waals surface area contributed by atoms with Gasteiger partial charge in [-0.05, 0) is 37.1 Å². The molecule has 4 nitrogen and oxygen atoms in total. The molecule has 1 aromatic carbocycles. The van der Waals surface area contributed by atoms with Gasteiger partial charge >= 0.3 is 0 Å². The second kappa shape index (κ2) is 6.40. The van der Waals surface area contributed by atoms with Gasteiger partial charge in [-0.2, -0.15) is 0 Å². The van der Waals surface area contributed by atoms with Gasteiger partial charge in [0.25, 0.3) is 0 Å². The van der Waals surface area contributed by atoms with E-state index in [9.17, 15) is 5.11 Å². The summed E-state index contributed by atoms with van der Waals surface area (Å²) >= 11 is 0. The number of hydrogen-bond acceptors (Lipinski definition) is 4. The van der Waals surface area contributed by atoms with Crippen LogP contribution in [-0.2, 0) is 0 Å². The Morgan fingerprint density at radius 1 is 1.33 bits per heavy atom. The Morgan fingerprint density at radius 3 is 2.33 bits per heavy atom. The molecule has 0 aliphatic carbocycles. The van der Waals surface area contributed by atoms with Gasteiger partial charge in [0.05, 0.1) is 0 Å². The van der Waals surface area contributed by atoms with E-state index in [2.05, 4.69) is 6.07 Å². The lowest BCUT2D eigenvalue weighted by atomic mass is 10.1. The fraction of sp³-hybridized carbons (Fsp3) is 0.455. The quantitative estimate of drug-likeness (QED) is 0.706. The maximum Gasteiger partial charge on any atom is 0.119 e. The molecule has 1 rings (SSSR count). The summed E-state index contributed by atoms with van der Waals surface area (Å²) in [5, 5.41) is 9.21. The molecule has 4 heteroatoms. The lowest BCUT2D eigenvalue weighted by molar-refractivity contribution is 0.114. The minimum Gasteiger partial charge on any atom is -0.491 e. The van der Waals surface area contributed by atoms with Crippen LogP contribution in [0.2, 0.25) is 0 Å². The second-order valence-corrected chi connectivity index (χ2v) is 3.52. The van der Waals surface area contributed by atoms with Gasteiger partial charge in [0, 0.05) is 7.97 Å². The maximum absolute atomic E-state index is 9.21. The number of aliphatic hydroxyl groups is 1. The van der Waals surface area contributed by atoms with Crippen molar-refractivity contribution in [3.05, 3.63) is 29.3 Å². The van der Waals surface area contributed by atoms with Gasteiger partial charge in [-0.15, -0.1) is 0 Å². The van der Waals surface area contributed by atoms with Crippen LogP contribution in [0.15, 0.2) is 18.2 Å². The van der Waals surface area contributed by atoms with E-state index >= 15 is 0 Å². The molecule has 0 amide bonds. The van der Waals surface area contributed by atoms with E-state index in [4.69, 9.17) is 10.5 Å². The Labute approximate surface area is 92.1 Å². The summed E-state index contributed by atoms with van der Waals surface area (Å²) in [6, 6.07) is 5.96. The van der Waals surface area contributed by atoms with Gasteiger partial charge in [0.1, 0.15) is 18.5 Å². The van der Waals surface area contributed by atoms with Crippen molar-refractivity contribution in [3.63, 3.8) is 0 Å². The molecule has 1 atom stereocenters. The van der Waals surface area contributed by atoms with E-state index in [-0.39, 0.29) is 20.7 Å². The van der Waals surface area contributed by atoms with E-state index < -0.39 is 6.10 Å². The van der Waals surface area contributed by atoms with Gasteiger partial charge in [0.15, 0.2) is 0 Å². The topological polar surface area (TPSA) is 90.5 Å². The third kappa shape index (κ3) is 4.78. The molecular formula is C11H22N2O2. The zero-order valence-corrected chi connectivity index (χ0v) is 9.36. The average Bonchev–Trinajstić information content (AvgIpc) is 2.12. The first-order valence-corrected chi connectivity index (χ1v) is 4.71. The van der Waals surface area contributed by atoms with Crippen molar-refractivity contribution in [2.45, 2.75) is 20.0 Å². The molecule has 0 saturated heterocycles. The summed E-state index contributed by atoms with van der Waals surface area (Å²) in [6.45, 7) is 4.50. The Hall–Kier alpha value is -1.10. The van der Waals surface area contributed by atoms with Crippen LogP contribution in [0.4, 0.5) is 0 Å². The van der Waals surface area contributed by atoms with Crippen LogP contribution >= 0.6 is 0 Å². The van der Waals surface area contributed by atoms with E-state index in [1.54, 1.807) is 0 Å². The van der Waals surface area contributed by atoms with Crippen molar-refractivity contribution in [1.82, 2.24) is 6.15 Å². The molecule has 15 heavy (non-hydrogen) atoms. The summed E-state index contributed by atoms with van der Waals surface area (Å²) in [5.74, 6) is 0.787. The molecule has 0 radical (unpaired) electrons. The highest BCUT2D eigenvalue weighted by Gasteiger charge is 2.02. The van der Waals surface area contributed by atoms with E-state index in [0.717, 1.165) is 16.9 Å². The van der Waals surface area contributed by atoms with Crippen LogP contribution < -0.4 is 16.6 Å². The molecule has 0 fully saturated rings. The monoisotopic (exact) mass is 214 g/mol. The van der Waals surface area contributed by atoms with E-state index in [1.807, 2.05) is 26.0 Å². The van der Waals surface area contributed by atoms with Crippen molar-refractivity contribution in [2.24, 2.45) is 5.73 Å².